The van der Waals surface area contributed by atoms with E-state index in [0.29, 0.717) is 0 Å². The molecule has 64 valence electrons. The van der Waals surface area contributed by atoms with Gasteiger partial charge >= 0.3 is 0 Å². The van der Waals surface area contributed by atoms with Gasteiger partial charge in [-0.2, -0.15) is 0 Å². The lowest BCUT2D eigenvalue weighted by Crippen LogP contribution is -2.32. The fourth-order valence-electron chi connectivity index (χ4n) is 0.835. The van der Waals surface area contributed by atoms with E-state index in [-0.39, 0.29) is 12.6 Å². The zero-order valence-corrected chi connectivity index (χ0v) is 7.14. The Balaban J connectivity index is 3.16. The molecule has 0 aliphatic heterocycles. The van der Waals surface area contributed by atoms with Crippen molar-refractivity contribution in [1.82, 2.24) is 5.32 Å². The summed E-state index contributed by atoms with van der Waals surface area (Å²) in [5.74, 6) is 2.57. The lowest BCUT2D eigenvalue weighted by atomic mass is 10.2. The van der Waals surface area contributed by atoms with E-state index >= 15 is 0 Å². The molecule has 0 bridgehead atoms. The van der Waals surface area contributed by atoms with Crippen LogP contribution >= 0.6 is 0 Å². The molecule has 1 atom stereocenters. The van der Waals surface area contributed by atoms with Crippen molar-refractivity contribution >= 4 is 0 Å². The minimum Gasteiger partial charge on any atom is -0.395 e. The third-order valence-electron chi connectivity index (χ3n) is 1.64. The minimum atomic E-state index is 0.215. The van der Waals surface area contributed by atoms with Gasteiger partial charge in [0.05, 0.1) is 6.61 Å². The van der Waals surface area contributed by atoms with Crippen LogP contribution in [0.5, 0.6) is 0 Å². The maximum Gasteiger partial charge on any atom is 0.0584 e. The van der Waals surface area contributed by atoms with E-state index in [1.54, 1.807) is 0 Å². The van der Waals surface area contributed by atoms with Crippen LogP contribution in [0.3, 0.4) is 0 Å². The Morgan fingerprint density at radius 1 is 1.64 bits per heavy atom. The Bertz CT molecular complexity index is 113. The topological polar surface area (TPSA) is 32.3 Å². The van der Waals surface area contributed by atoms with E-state index in [1.165, 1.54) is 0 Å². The summed E-state index contributed by atoms with van der Waals surface area (Å²) in [6.45, 7) is 3.17. The second-order valence-corrected chi connectivity index (χ2v) is 2.55. The third-order valence-corrected chi connectivity index (χ3v) is 1.64. The molecule has 1 unspecified atom stereocenters. The number of aliphatic hydroxyl groups is 1. The summed E-state index contributed by atoms with van der Waals surface area (Å²) >= 11 is 0. The SMILES string of the molecule is C#CCCCNC(CC)CO. The molecule has 2 heteroatoms. The van der Waals surface area contributed by atoms with Gasteiger partial charge in [-0.3, -0.25) is 0 Å². The molecule has 0 amide bonds. The van der Waals surface area contributed by atoms with Crippen LogP contribution in [0.4, 0.5) is 0 Å². The van der Waals surface area contributed by atoms with E-state index in [4.69, 9.17) is 11.5 Å². The van der Waals surface area contributed by atoms with Crippen molar-refractivity contribution in [3.05, 3.63) is 0 Å². The summed E-state index contributed by atoms with van der Waals surface area (Å²) in [6.07, 6.45) is 7.86. The monoisotopic (exact) mass is 155 g/mol. The number of hydrogen-bond donors (Lipinski definition) is 2. The van der Waals surface area contributed by atoms with Crippen LogP contribution in [0, 0.1) is 12.3 Å². The highest BCUT2D eigenvalue weighted by Gasteiger charge is 2.00. The standard InChI is InChI=1S/C9H17NO/c1-3-5-6-7-10-9(4-2)8-11/h1,9-11H,4-8H2,2H3. The van der Waals surface area contributed by atoms with Gasteiger partial charge in [0.1, 0.15) is 0 Å². The molecular formula is C9H17NO. The zero-order valence-electron chi connectivity index (χ0n) is 7.14. The molecule has 0 aromatic carbocycles. The van der Waals surface area contributed by atoms with E-state index in [1.807, 2.05) is 0 Å². The minimum absolute atomic E-state index is 0.215. The molecule has 0 aliphatic carbocycles. The largest absolute Gasteiger partial charge is 0.395 e. The predicted molar refractivity (Wildman–Crippen MR) is 47.2 cm³/mol. The summed E-state index contributed by atoms with van der Waals surface area (Å²) in [5, 5.41) is 12.0. The zero-order chi connectivity index (χ0) is 8.53. The van der Waals surface area contributed by atoms with Crippen molar-refractivity contribution in [2.24, 2.45) is 0 Å². The highest BCUT2D eigenvalue weighted by molar-refractivity contribution is 4.83. The van der Waals surface area contributed by atoms with Gasteiger partial charge in [0.15, 0.2) is 0 Å². The smallest absolute Gasteiger partial charge is 0.0584 e. The molecule has 0 aliphatic rings. The van der Waals surface area contributed by atoms with Gasteiger partial charge in [-0.1, -0.05) is 6.92 Å². The summed E-state index contributed by atoms with van der Waals surface area (Å²) < 4.78 is 0. The van der Waals surface area contributed by atoms with E-state index in [2.05, 4.69) is 18.2 Å². The number of terminal acetylenes is 1. The average Bonchev–Trinajstić information content (AvgIpc) is 2.05. The predicted octanol–water partition coefficient (Wildman–Crippen LogP) is 0.760. The number of hydrogen-bond acceptors (Lipinski definition) is 2. The van der Waals surface area contributed by atoms with Crippen LogP contribution in [0.1, 0.15) is 26.2 Å². The lowest BCUT2D eigenvalue weighted by Gasteiger charge is -2.12. The molecule has 2 N–H and O–H groups in total. The Morgan fingerprint density at radius 2 is 2.36 bits per heavy atom. The summed E-state index contributed by atoms with van der Waals surface area (Å²) in [7, 11) is 0. The number of aliphatic hydroxyl groups excluding tert-OH is 1. The summed E-state index contributed by atoms with van der Waals surface area (Å²) in [4.78, 5) is 0. The molecule has 0 heterocycles. The molecule has 2 nitrogen and oxygen atoms in total. The van der Waals surface area contributed by atoms with Crippen molar-refractivity contribution in [2.75, 3.05) is 13.2 Å². The van der Waals surface area contributed by atoms with Crippen LogP contribution < -0.4 is 5.32 Å². The molecule has 0 rings (SSSR count). The maximum atomic E-state index is 8.78. The normalized spacial score (nSPS) is 12.5. The molecule has 0 radical (unpaired) electrons. The molecule has 0 fully saturated rings. The van der Waals surface area contributed by atoms with Gasteiger partial charge in [-0.15, -0.1) is 12.3 Å². The fraction of sp³-hybridized carbons (Fsp3) is 0.778. The van der Waals surface area contributed by atoms with Gasteiger partial charge < -0.3 is 10.4 Å². The second kappa shape index (κ2) is 7.59. The number of rotatable bonds is 6. The Labute approximate surface area is 69.0 Å². The number of nitrogens with one attached hydrogen (secondary N) is 1. The van der Waals surface area contributed by atoms with Crippen LogP contribution in [-0.4, -0.2) is 24.3 Å². The molecule has 0 aromatic heterocycles. The van der Waals surface area contributed by atoms with Gasteiger partial charge in [-0.05, 0) is 19.4 Å². The third kappa shape index (κ3) is 5.90. The van der Waals surface area contributed by atoms with Gasteiger partial charge in [0.25, 0.3) is 0 Å². The molecule has 11 heavy (non-hydrogen) atoms. The molecule has 0 saturated carbocycles. The van der Waals surface area contributed by atoms with Gasteiger partial charge in [-0.25, -0.2) is 0 Å². The molecule has 0 aromatic rings. The van der Waals surface area contributed by atoms with Gasteiger partial charge in [0.2, 0.25) is 0 Å². The molecular weight excluding hydrogens is 138 g/mol. The van der Waals surface area contributed by atoms with Crippen molar-refractivity contribution in [3.8, 4) is 12.3 Å². The Kier molecular flexibility index (Phi) is 7.23. The van der Waals surface area contributed by atoms with Crippen LogP contribution in [0.25, 0.3) is 0 Å². The lowest BCUT2D eigenvalue weighted by molar-refractivity contribution is 0.239. The van der Waals surface area contributed by atoms with E-state index in [0.717, 1.165) is 25.8 Å². The van der Waals surface area contributed by atoms with Crippen molar-refractivity contribution in [2.45, 2.75) is 32.2 Å². The van der Waals surface area contributed by atoms with E-state index in [9.17, 15) is 0 Å². The quantitative estimate of drug-likeness (QED) is 0.438. The fourth-order valence-corrected chi connectivity index (χ4v) is 0.835. The number of unbranched alkanes of at least 4 members (excludes halogenated alkanes) is 1. The first-order chi connectivity index (χ1) is 5.35. The Morgan fingerprint density at radius 3 is 2.82 bits per heavy atom. The highest BCUT2D eigenvalue weighted by Crippen LogP contribution is 1.90. The van der Waals surface area contributed by atoms with Crippen molar-refractivity contribution in [1.29, 1.82) is 0 Å². The maximum absolute atomic E-state index is 8.78. The van der Waals surface area contributed by atoms with Crippen LogP contribution in [0.2, 0.25) is 0 Å². The second-order valence-electron chi connectivity index (χ2n) is 2.55. The molecule has 0 saturated heterocycles. The first-order valence-corrected chi connectivity index (χ1v) is 4.12. The summed E-state index contributed by atoms with van der Waals surface area (Å²) in [6, 6.07) is 0.243. The Hall–Kier alpha value is -0.520. The van der Waals surface area contributed by atoms with E-state index < -0.39 is 0 Å². The van der Waals surface area contributed by atoms with Crippen LogP contribution in [0.15, 0.2) is 0 Å². The average molecular weight is 155 g/mol. The first kappa shape index (κ1) is 10.5. The summed E-state index contributed by atoms with van der Waals surface area (Å²) in [5.41, 5.74) is 0. The van der Waals surface area contributed by atoms with Crippen LogP contribution in [-0.2, 0) is 0 Å². The highest BCUT2D eigenvalue weighted by atomic mass is 16.3. The van der Waals surface area contributed by atoms with Gasteiger partial charge in [0, 0.05) is 12.5 Å². The molecule has 0 spiro atoms. The van der Waals surface area contributed by atoms with Crippen molar-refractivity contribution in [3.63, 3.8) is 0 Å². The first-order valence-electron chi connectivity index (χ1n) is 4.12. The van der Waals surface area contributed by atoms with Crippen molar-refractivity contribution < 1.29 is 5.11 Å².